The summed E-state index contributed by atoms with van der Waals surface area (Å²) in [4.78, 5) is 0. The molecule has 1 nitrogen and oxygen atoms in total. The molecule has 1 unspecified atom stereocenters. The van der Waals surface area contributed by atoms with Crippen LogP contribution >= 0.6 is 15.9 Å². The number of halogens is 2. The van der Waals surface area contributed by atoms with Crippen LogP contribution in [0.4, 0.5) is 4.39 Å². The molecule has 0 saturated carbocycles. The van der Waals surface area contributed by atoms with Crippen molar-refractivity contribution in [3.8, 4) is 0 Å². The minimum atomic E-state index is -0.273. The average Bonchev–Trinajstić information content (AvgIpc) is 2.32. The third-order valence-corrected chi connectivity index (χ3v) is 3.31. The first-order valence-electron chi connectivity index (χ1n) is 5.35. The second-order valence-corrected chi connectivity index (χ2v) is 4.92. The molecule has 17 heavy (non-hydrogen) atoms. The van der Waals surface area contributed by atoms with Gasteiger partial charge < -0.3 is 5.73 Å². The lowest BCUT2D eigenvalue weighted by atomic mass is 9.98. The van der Waals surface area contributed by atoms with Crippen molar-refractivity contribution >= 4 is 15.9 Å². The topological polar surface area (TPSA) is 26.0 Å². The number of benzene rings is 2. The Balaban J connectivity index is 2.36. The van der Waals surface area contributed by atoms with Gasteiger partial charge in [-0.2, -0.15) is 0 Å². The highest BCUT2D eigenvalue weighted by Crippen LogP contribution is 2.24. The van der Waals surface area contributed by atoms with Crippen molar-refractivity contribution in [2.75, 3.05) is 0 Å². The first kappa shape index (κ1) is 12.3. The molecular formula is C14H13BrFN. The van der Waals surface area contributed by atoms with Crippen LogP contribution in [0.3, 0.4) is 0 Å². The second-order valence-electron chi connectivity index (χ2n) is 4.07. The Bertz CT molecular complexity index is 539. The smallest absolute Gasteiger partial charge is 0.137 e. The molecule has 88 valence electrons. The molecule has 0 heterocycles. The maximum absolute atomic E-state index is 13.1. The third-order valence-electron chi connectivity index (χ3n) is 2.70. The fourth-order valence-electron chi connectivity index (χ4n) is 1.76. The van der Waals surface area contributed by atoms with Crippen molar-refractivity contribution in [1.29, 1.82) is 0 Å². The quantitative estimate of drug-likeness (QED) is 0.892. The van der Waals surface area contributed by atoms with E-state index in [9.17, 15) is 4.39 Å². The van der Waals surface area contributed by atoms with Crippen molar-refractivity contribution in [3.05, 3.63) is 69.4 Å². The van der Waals surface area contributed by atoms with Crippen LogP contribution in [-0.4, -0.2) is 0 Å². The Morgan fingerprint density at radius 1 is 1.12 bits per heavy atom. The van der Waals surface area contributed by atoms with Crippen molar-refractivity contribution in [2.24, 2.45) is 5.73 Å². The molecule has 0 aliphatic carbocycles. The summed E-state index contributed by atoms with van der Waals surface area (Å²) in [7, 11) is 0. The van der Waals surface area contributed by atoms with Crippen LogP contribution in [0.15, 0.2) is 46.9 Å². The van der Waals surface area contributed by atoms with E-state index in [0.29, 0.717) is 4.47 Å². The Labute approximate surface area is 109 Å². The fourth-order valence-corrected chi connectivity index (χ4v) is 2.16. The molecule has 0 bridgehead atoms. The SMILES string of the molecule is Cc1cccc(C(N)c2ccc(F)c(Br)c2)c1. The van der Waals surface area contributed by atoms with E-state index in [1.54, 1.807) is 12.1 Å². The summed E-state index contributed by atoms with van der Waals surface area (Å²) in [5.41, 5.74) is 9.25. The van der Waals surface area contributed by atoms with Crippen molar-refractivity contribution in [1.82, 2.24) is 0 Å². The maximum Gasteiger partial charge on any atom is 0.137 e. The highest BCUT2D eigenvalue weighted by atomic mass is 79.9. The zero-order valence-electron chi connectivity index (χ0n) is 9.45. The summed E-state index contributed by atoms with van der Waals surface area (Å²) >= 11 is 3.17. The van der Waals surface area contributed by atoms with Gasteiger partial charge in [-0.3, -0.25) is 0 Å². The van der Waals surface area contributed by atoms with Gasteiger partial charge in [0.25, 0.3) is 0 Å². The molecule has 0 fully saturated rings. The van der Waals surface area contributed by atoms with E-state index in [0.717, 1.165) is 11.1 Å². The van der Waals surface area contributed by atoms with Crippen molar-refractivity contribution in [2.45, 2.75) is 13.0 Å². The zero-order chi connectivity index (χ0) is 12.4. The van der Waals surface area contributed by atoms with E-state index < -0.39 is 0 Å². The summed E-state index contributed by atoms with van der Waals surface area (Å²) in [6.45, 7) is 2.02. The molecule has 1 atom stereocenters. The van der Waals surface area contributed by atoms with E-state index in [2.05, 4.69) is 15.9 Å². The summed E-state index contributed by atoms with van der Waals surface area (Å²) < 4.78 is 13.6. The van der Waals surface area contributed by atoms with Gasteiger partial charge in [0.15, 0.2) is 0 Å². The van der Waals surface area contributed by atoms with Gasteiger partial charge in [0.1, 0.15) is 5.82 Å². The molecule has 2 aromatic carbocycles. The predicted molar refractivity (Wildman–Crippen MR) is 71.3 cm³/mol. The minimum Gasteiger partial charge on any atom is -0.320 e. The molecule has 2 aromatic rings. The number of aryl methyl sites for hydroxylation is 1. The van der Waals surface area contributed by atoms with Crippen LogP contribution < -0.4 is 5.73 Å². The molecule has 3 heteroatoms. The van der Waals surface area contributed by atoms with Crippen molar-refractivity contribution < 1.29 is 4.39 Å². The Hall–Kier alpha value is -1.19. The number of nitrogens with two attached hydrogens (primary N) is 1. The average molecular weight is 294 g/mol. The monoisotopic (exact) mass is 293 g/mol. The van der Waals surface area contributed by atoms with E-state index in [1.165, 1.54) is 11.6 Å². The van der Waals surface area contributed by atoms with Crippen molar-refractivity contribution in [3.63, 3.8) is 0 Å². The number of hydrogen-bond acceptors (Lipinski definition) is 1. The Morgan fingerprint density at radius 2 is 1.82 bits per heavy atom. The second kappa shape index (κ2) is 4.98. The van der Waals surface area contributed by atoms with Gasteiger partial charge in [-0.1, -0.05) is 35.9 Å². The van der Waals surface area contributed by atoms with Gasteiger partial charge in [0.2, 0.25) is 0 Å². The summed E-state index contributed by atoms with van der Waals surface area (Å²) in [6.07, 6.45) is 0. The van der Waals surface area contributed by atoms with Gasteiger partial charge in [0.05, 0.1) is 10.5 Å². The number of hydrogen-bond donors (Lipinski definition) is 1. The lowest BCUT2D eigenvalue weighted by molar-refractivity contribution is 0.619. The molecule has 0 aromatic heterocycles. The van der Waals surface area contributed by atoms with E-state index in [1.807, 2.05) is 31.2 Å². The summed E-state index contributed by atoms with van der Waals surface area (Å²) in [6, 6.07) is 12.7. The predicted octanol–water partition coefficient (Wildman–Crippen LogP) is 3.94. The molecule has 0 saturated heterocycles. The first-order chi connectivity index (χ1) is 8.08. The lowest BCUT2D eigenvalue weighted by Crippen LogP contribution is -2.12. The van der Waals surface area contributed by atoms with Crippen LogP contribution in [0.2, 0.25) is 0 Å². The molecule has 0 aliphatic rings. The van der Waals surface area contributed by atoms with Crippen LogP contribution in [-0.2, 0) is 0 Å². The fraction of sp³-hybridized carbons (Fsp3) is 0.143. The summed E-state index contributed by atoms with van der Waals surface area (Å²) in [5.74, 6) is -0.273. The minimum absolute atomic E-state index is 0.230. The molecule has 2 N–H and O–H groups in total. The van der Waals surface area contributed by atoms with Gasteiger partial charge in [-0.25, -0.2) is 4.39 Å². The van der Waals surface area contributed by atoms with E-state index >= 15 is 0 Å². The normalized spacial score (nSPS) is 12.5. The number of rotatable bonds is 2. The lowest BCUT2D eigenvalue weighted by Gasteiger charge is -2.13. The van der Waals surface area contributed by atoms with Gasteiger partial charge in [-0.05, 0) is 46.1 Å². The Kier molecular flexibility index (Phi) is 3.60. The third kappa shape index (κ3) is 2.73. The maximum atomic E-state index is 13.1. The van der Waals surface area contributed by atoms with Gasteiger partial charge >= 0.3 is 0 Å². The van der Waals surface area contributed by atoms with Gasteiger partial charge in [0, 0.05) is 0 Å². The zero-order valence-corrected chi connectivity index (χ0v) is 11.0. The standard InChI is InChI=1S/C14H13BrFN/c1-9-3-2-4-10(7-9)14(17)11-5-6-13(16)12(15)8-11/h2-8,14H,17H2,1H3. The largest absolute Gasteiger partial charge is 0.320 e. The van der Waals surface area contributed by atoms with Crippen LogP contribution in [0.25, 0.3) is 0 Å². The Morgan fingerprint density at radius 3 is 2.47 bits per heavy atom. The summed E-state index contributed by atoms with van der Waals surface area (Å²) in [5, 5.41) is 0. The van der Waals surface area contributed by atoms with Crippen LogP contribution in [0.5, 0.6) is 0 Å². The first-order valence-corrected chi connectivity index (χ1v) is 6.14. The molecule has 0 aliphatic heterocycles. The molecule has 2 rings (SSSR count). The van der Waals surface area contributed by atoms with E-state index in [4.69, 9.17) is 5.73 Å². The molecule has 0 amide bonds. The molecule has 0 radical (unpaired) electrons. The van der Waals surface area contributed by atoms with Crippen LogP contribution in [0, 0.1) is 12.7 Å². The molecular weight excluding hydrogens is 281 g/mol. The highest BCUT2D eigenvalue weighted by molar-refractivity contribution is 9.10. The van der Waals surface area contributed by atoms with Gasteiger partial charge in [-0.15, -0.1) is 0 Å². The van der Waals surface area contributed by atoms with Crippen LogP contribution in [0.1, 0.15) is 22.7 Å². The van der Waals surface area contributed by atoms with E-state index in [-0.39, 0.29) is 11.9 Å². The molecule has 0 spiro atoms. The highest BCUT2D eigenvalue weighted by Gasteiger charge is 2.10.